The van der Waals surface area contributed by atoms with E-state index in [9.17, 15) is 22.8 Å². The van der Waals surface area contributed by atoms with E-state index < -0.39 is 33.2 Å². The molecule has 13 heteroatoms. The number of sulfonamides is 1. The average Bonchev–Trinajstić information content (AvgIpc) is 2.87. The van der Waals surface area contributed by atoms with Crippen LogP contribution in [-0.2, 0) is 24.3 Å². The molecular weight excluding hydrogens is 526 g/mol. The number of rotatable bonds is 7. The molecule has 12 nitrogen and oxygen atoms in total. The largest absolute Gasteiger partial charge is 0.463 e. The van der Waals surface area contributed by atoms with Crippen LogP contribution in [0.2, 0.25) is 0 Å². The third-order valence-corrected chi connectivity index (χ3v) is 7.54. The zero-order chi connectivity index (χ0) is 29.0. The Morgan fingerprint density at radius 3 is 2.23 bits per heavy atom. The van der Waals surface area contributed by atoms with Crippen molar-refractivity contribution in [2.24, 2.45) is 0 Å². The van der Waals surface area contributed by atoms with E-state index in [-0.39, 0.29) is 17.3 Å². The molecule has 0 saturated carbocycles. The van der Waals surface area contributed by atoms with Crippen LogP contribution in [0.1, 0.15) is 33.4 Å². The van der Waals surface area contributed by atoms with E-state index in [4.69, 9.17) is 9.47 Å². The molecule has 1 aliphatic heterocycles. The van der Waals surface area contributed by atoms with E-state index in [0.717, 1.165) is 4.31 Å². The highest BCUT2D eigenvalue weighted by Gasteiger charge is 2.28. The summed E-state index contributed by atoms with van der Waals surface area (Å²) in [5, 5.41) is 0. The number of hydrogen-bond acceptors (Lipinski definition) is 9. The SMILES string of the molecule is CCOC(=O)/C=C/c1cn(-c2ccc(S(=O)(=O)N(C)C)cc2)c(=O)c(N2CCN(C(=O)OC(C)(C)C)CC2)n1. The van der Waals surface area contributed by atoms with Crippen LogP contribution < -0.4 is 10.5 Å². The minimum atomic E-state index is -3.65. The molecule has 1 saturated heterocycles. The molecule has 0 atom stereocenters. The number of carbonyl (C=O) groups excluding carboxylic acids is 2. The van der Waals surface area contributed by atoms with Gasteiger partial charge in [-0.3, -0.25) is 9.36 Å². The first-order valence-corrected chi connectivity index (χ1v) is 13.9. The van der Waals surface area contributed by atoms with Crippen LogP contribution >= 0.6 is 0 Å². The maximum atomic E-state index is 13.6. The summed E-state index contributed by atoms with van der Waals surface area (Å²) in [5.41, 5.74) is -0.321. The van der Waals surface area contributed by atoms with Crippen molar-refractivity contribution in [1.29, 1.82) is 0 Å². The molecule has 1 amide bonds. The number of aromatic nitrogens is 2. The maximum Gasteiger partial charge on any atom is 0.410 e. The van der Waals surface area contributed by atoms with E-state index in [1.165, 1.54) is 61.3 Å². The summed E-state index contributed by atoms with van der Waals surface area (Å²) >= 11 is 0. The van der Waals surface area contributed by atoms with Gasteiger partial charge < -0.3 is 19.3 Å². The quantitative estimate of drug-likeness (QED) is 0.368. The van der Waals surface area contributed by atoms with E-state index in [1.807, 2.05) is 0 Å². The van der Waals surface area contributed by atoms with Gasteiger partial charge in [0.2, 0.25) is 10.0 Å². The Bertz CT molecular complexity index is 1390. The molecule has 1 fully saturated rings. The zero-order valence-corrected chi connectivity index (χ0v) is 23.9. The number of hydrogen-bond donors (Lipinski definition) is 0. The number of carbonyl (C=O) groups is 2. The van der Waals surface area contributed by atoms with Gasteiger partial charge in [0.15, 0.2) is 5.82 Å². The van der Waals surface area contributed by atoms with E-state index in [2.05, 4.69) is 4.98 Å². The van der Waals surface area contributed by atoms with Gasteiger partial charge in [0.1, 0.15) is 5.60 Å². The summed E-state index contributed by atoms with van der Waals surface area (Å²) in [7, 11) is -0.770. The molecule has 1 aromatic heterocycles. The van der Waals surface area contributed by atoms with Crippen LogP contribution in [0.25, 0.3) is 11.8 Å². The fourth-order valence-electron chi connectivity index (χ4n) is 3.74. The summed E-state index contributed by atoms with van der Waals surface area (Å²) in [4.78, 5) is 45.8. The van der Waals surface area contributed by atoms with Gasteiger partial charge in [-0.15, -0.1) is 0 Å². The Kier molecular flexibility index (Phi) is 9.18. The second kappa shape index (κ2) is 12.0. The van der Waals surface area contributed by atoms with Gasteiger partial charge in [0.25, 0.3) is 5.56 Å². The fourth-order valence-corrected chi connectivity index (χ4v) is 4.64. The number of esters is 1. The summed E-state index contributed by atoms with van der Waals surface area (Å²) in [5.74, 6) is -0.419. The molecule has 1 aliphatic rings. The number of piperazine rings is 1. The molecule has 2 aromatic rings. The van der Waals surface area contributed by atoms with Crippen molar-refractivity contribution in [1.82, 2.24) is 18.8 Å². The van der Waals surface area contributed by atoms with Crippen LogP contribution in [0.3, 0.4) is 0 Å². The lowest BCUT2D eigenvalue weighted by molar-refractivity contribution is -0.137. The topological polar surface area (TPSA) is 131 Å². The Morgan fingerprint density at radius 2 is 1.69 bits per heavy atom. The number of anilines is 1. The smallest absolute Gasteiger partial charge is 0.410 e. The number of ether oxygens (including phenoxy) is 2. The molecule has 0 spiro atoms. The van der Waals surface area contributed by atoms with Crippen molar-refractivity contribution in [2.75, 3.05) is 51.8 Å². The van der Waals surface area contributed by atoms with Crippen LogP contribution in [0, 0.1) is 0 Å². The lowest BCUT2D eigenvalue weighted by Crippen LogP contribution is -2.51. The average molecular weight is 562 g/mol. The molecule has 0 unspecified atom stereocenters. The third-order valence-electron chi connectivity index (χ3n) is 5.71. The molecule has 1 aromatic carbocycles. The maximum absolute atomic E-state index is 13.6. The van der Waals surface area contributed by atoms with E-state index >= 15 is 0 Å². The molecule has 0 aliphatic carbocycles. The molecule has 0 bridgehead atoms. The van der Waals surface area contributed by atoms with Gasteiger partial charge in [0.05, 0.1) is 17.2 Å². The fraction of sp³-hybridized carbons (Fsp3) is 0.462. The van der Waals surface area contributed by atoms with Crippen LogP contribution in [0.4, 0.5) is 10.6 Å². The number of nitrogens with zero attached hydrogens (tertiary/aromatic N) is 5. The predicted molar refractivity (Wildman–Crippen MR) is 146 cm³/mol. The Hall–Kier alpha value is -3.71. The van der Waals surface area contributed by atoms with Gasteiger partial charge in [-0.2, -0.15) is 0 Å². The summed E-state index contributed by atoms with van der Waals surface area (Å²) < 4.78 is 37.8. The minimum Gasteiger partial charge on any atom is -0.463 e. The highest BCUT2D eigenvalue weighted by Crippen LogP contribution is 2.19. The van der Waals surface area contributed by atoms with Gasteiger partial charge in [-0.25, -0.2) is 27.3 Å². The lowest BCUT2D eigenvalue weighted by atomic mass is 10.2. The predicted octanol–water partition coefficient (Wildman–Crippen LogP) is 2.12. The normalized spacial score (nSPS) is 14.6. The lowest BCUT2D eigenvalue weighted by Gasteiger charge is -2.36. The van der Waals surface area contributed by atoms with Crippen LogP contribution in [0.15, 0.2) is 46.2 Å². The molecule has 0 radical (unpaired) electrons. The molecule has 212 valence electrons. The first-order chi connectivity index (χ1) is 18.2. The molecule has 3 rings (SSSR count). The zero-order valence-electron chi connectivity index (χ0n) is 23.1. The number of benzene rings is 1. The van der Waals surface area contributed by atoms with Crippen LogP contribution in [-0.4, -0.2) is 91.7 Å². The summed E-state index contributed by atoms with van der Waals surface area (Å²) in [6, 6.07) is 5.90. The van der Waals surface area contributed by atoms with Crippen molar-refractivity contribution in [2.45, 2.75) is 38.2 Å². The summed E-state index contributed by atoms with van der Waals surface area (Å²) in [6.45, 7) is 8.64. The second-order valence-corrected chi connectivity index (χ2v) is 12.1. The number of amides is 1. The standard InChI is InChI=1S/C26H35N5O7S/c1-7-37-22(32)13-8-19-18-31(20-9-11-21(12-10-20)39(35,36)28(5)6)24(33)23(27-19)29-14-16-30(17-15-29)25(34)38-26(2,3)4/h8-13,18H,7,14-17H2,1-6H3/b13-8+. The first-order valence-electron chi connectivity index (χ1n) is 12.5. The van der Waals surface area contributed by atoms with Crippen molar-refractivity contribution in [3.8, 4) is 5.69 Å². The van der Waals surface area contributed by atoms with Crippen molar-refractivity contribution < 1.29 is 27.5 Å². The third kappa shape index (κ3) is 7.45. The Labute approximate surface area is 228 Å². The molecule has 39 heavy (non-hydrogen) atoms. The van der Waals surface area contributed by atoms with Crippen molar-refractivity contribution in [3.05, 3.63) is 52.6 Å². The van der Waals surface area contributed by atoms with Crippen molar-refractivity contribution >= 4 is 34.0 Å². The van der Waals surface area contributed by atoms with E-state index in [0.29, 0.717) is 37.6 Å². The molecular formula is C26H35N5O7S. The summed E-state index contributed by atoms with van der Waals surface area (Å²) in [6.07, 6.45) is 3.71. The molecule has 2 heterocycles. The highest BCUT2D eigenvalue weighted by atomic mass is 32.2. The van der Waals surface area contributed by atoms with E-state index in [1.54, 1.807) is 37.5 Å². The van der Waals surface area contributed by atoms with Crippen LogP contribution in [0.5, 0.6) is 0 Å². The van der Waals surface area contributed by atoms with Gasteiger partial charge in [0, 0.05) is 58.2 Å². The Balaban J connectivity index is 1.97. The van der Waals surface area contributed by atoms with Gasteiger partial charge in [-0.1, -0.05) is 0 Å². The Morgan fingerprint density at radius 1 is 1.08 bits per heavy atom. The molecule has 0 N–H and O–H groups in total. The monoisotopic (exact) mass is 561 g/mol. The highest BCUT2D eigenvalue weighted by molar-refractivity contribution is 7.89. The second-order valence-electron chi connectivity index (χ2n) is 9.99. The minimum absolute atomic E-state index is 0.0827. The van der Waals surface area contributed by atoms with Gasteiger partial charge in [-0.05, 0) is 58.0 Å². The van der Waals surface area contributed by atoms with Gasteiger partial charge >= 0.3 is 12.1 Å². The van der Waals surface area contributed by atoms with Crippen molar-refractivity contribution in [3.63, 3.8) is 0 Å². The first kappa shape index (κ1) is 29.8.